The van der Waals surface area contributed by atoms with Crippen molar-refractivity contribution in [2.45, 2.75) is 79.0 Å². The molecule has 0 aliphatic carbocycles. The van der Waals surface area contributed by atoms with Gasteiger partial charge in [-0.3, -0.25) is 0 Å². The Hall–Kier alpha value is -0.616. The molecule has 0 amide bonds. The van der Waals surface area contributed by atoms with Crippen molar-refractivity contribution in [2.75, 3.05) is 15.8 Å². The van der Waals surface area contributed by atoms with Crippen LogP contribution in [0.1, 0.15) is 65.7 Å². The molecule has 0 spiro atoms. The van der Waals surface area contributed by atoms with Gasteiger partial charge in [0.05, 0.1) is 0 Å². The Labute approximate surface area is 203 Å². The zero-order valence-electron chi connectivity index (χ0n) is 19.8. The van der Waals surface area contributed by atoms with E-state index in [1.54, 1.807) is 5.47 Å². The van der Waals surface area contributed by atoms with E-state index in [0.717, 1.165) is 11.8 Å². The van der Waals surface area contributed by atoms with E-state index in [1.807, 2.05) is 0 Å². The molecule has 0 saturated carbocycles. The number of unbranched alkanes of at least 4 members (excludes halogenated alkanes) is 3. The van der Waals surface area contributed by atoms with Gasteiger partial charge >= 0.3 is 204 Å². The topological polar surface area (TPSA) is 24.1 Å². The van der Waals surface area contributed by atoms with Crippen LogP contribution in [0, 0.1) is 0 Å². The van der Waals surface area contributed by atoms with Crippen LogP contribution in [0.2, 0.25) is 13.3 Å². The van der Waals surface area contributed by atoms with Gasteiger partial charge in [-0.05, 0) is 0 Å². The van der Waals surface area contributed by atoms with E-state index < -0.39 is 18.4 Å². The van der Waals surface area contributed by atoms with Crippen molar-refractivity contribution >= 4 is 63.4 Å². The monoisotopic (exact) mass is 590 g/mol. The Balaban J connectivity index is 1.97. The molecule has 0 radical (unpaired) electrons. The summed E-state index contributed by atoms with van der Waals surface area (Å²) in [5, 5.41) is 11.4. The van der Waals surface area contributed by atoms with Gasteiger partial charge in [0, 0.05) is 0 Å². The number of alkyl halides is 1. The van der Waals surface area contributed by atoms with Crippen molar-refractivity contribution in [3.63, 3.8) is 0 Å². The van der Waals surface area contributed by atoms with Gasteiger partial charge in [0.15, 0.2) is 0 Å². The Kier molecular flexibility index (Phi) is 10.1. The average Bonchev–Trinajstić information content (AvgIpc) is 2.80. The first-order chi connectivity index (χ1) is 15.2. The fourth-order valence-corrected chi connectivity index (χ4v) is 21.1. The molecule has 0 atom stereocenters. The molecule has 168 valence electrons. The second-order valence-electron chi connectivity index (χ2n) is 9.26. The van der Waals surface area contributed by atoms with Crippen LogP contribution in [-0.2, 0) is 0 Å². The van der Waals surface area contributed by atoms with Gasteiger partial charge in [-0.25, -0.2) is 0 Å². The second-order valence-corrected chi connectivity index (χ2v) is 22.9. The number of halogens is 1. The van der Waals surface area contributed by atoms with Gasteiger partial charge in [0.25, 0.3) is 0 Å². The van der Waals surface area contributed by atoms with E-state index in [-0.39, 0.29) is 6.98 Å². The first-order valence-electron chi connectivity index (χ1n) is 12.5. The molecule has 0 bridgehead atoms. The number of allylic oxidation sites excluding steroid dienone is 1. The number of anilines is 2. The third-order valence-corrected chi connectivity index (χ3v) is 21.6. The summed E-state index contributed by atoms with van der Waals surface area (Å²) in [4.78, 5) is 0. The van der Waals surface area contributed by atoms with Crippen LogP contribution in [0.5, 0.6) is 0 Å². The molecule has 0 fully saturated rings. The van der Waals surface area contributed by atoms with Gasteiger partial charge in [-0.15, -0.1) is 0 Å². The van der Waals surface area contributed by atoms with E-state index in [0.29, 0.717) is 0 Å². The van der Waals surface area contributed by atoms with Crippen LogP contribution >= 0.6 is 15.9 Å². The van der Waals surface area contributed by atoms with Gasteiger partial charge in [0.1, 0.15) is 0 Å². The Bertz CT molecular complexity index is 807. The predicted molar refractivity (Wildman–Crippen MR) is 148 cm³/mol. The molecule has 5 heteroatoms. The van der Waals surface area contributed by atoms with Crippen LogP contribution in [0.15, 0.2) is 46.0 Å². The number of hydrogen-bond acceptors (Lipinski definition) is 2. The first-order valence-corrected chi connectivity index (χ1v) is 21.3. The van der Waals surface area contributed by atoms with Crippen LogP contribution in [0.3, 0.4) is 0 Å². The quantitative estimate of drug-likeness (QED) is 0.180. The summed E-state index contributed by atoms with van der Waals surface area (Å²) in [5.74, 6) is 0. The molecule has 31 heavy (non-hydrogen) atoms. The molecular weight excluding hydrogens is 550 g/mol. The summed E-state index contributed by atoms with van der Waals surface area (Å²) in [6, 6.07) is 13.3. The summed E-state index contributed by atoms with van der Waals surface area (Å²) in [5.41, 5.74) is 4.14. The van der Waals surface area contributed by atoms with Crippen molar-refractivity contribution in [2.24, 2.45) is 0 Å². The Morgan fingerprint density at radius 2 is 1.39 bits per heavy atom. The molecule has 2 nitrogen and oxygen atoms in total. The van der Waals surface area contributed by atoms with E-state index in [4.69, 9.17) is 0 Å². The Morgan fingerprint density at radius 1 is 0.871 bits per heavy atom. The molecule has 2 aromatic rings. The molecule has 3 rings (SSSR count). The minimum absolute atomic E-state index is 0.207. The Morgan fingerprint density at radius 3 is 1.84 bits per heavy atom. The number of benzene rings is 2. The molecule has 0 aromatic heterocycles. The third-order valence-electron chi connectivity index (χ3n) is 6.83. The van der Waals surface area contributed by atoms with Crippen LogP contribution in [0.25, 0.3) is 10.8 Å². The van der Waals surface area contributed by atoms with Crippen LogP contribution in [0.4, 0.5) is 11.4 Å². The molecule has 1 aliphatic heterocycles. The predicted octanol–water partition coefficient (Wildman–Crippen LogP) is 8.80. The molecule has 1 heterocycles. The molecule has 0 unspecified atom stereocenters. The van der Waals surface area contributed by atoms with Gasteiger partial charge in [-0.2, -0.15) is 0 Å². The van der Waals surface area contributed by atoms with E-state index in [2.05, 4.69) is 87.6 Å². The fraction of sp³-hybridized carbons (Fsp3) is 0.538. The average molecular weight is 590 g/mol. The van der Waals surface area contributed by atoms with Crippen molar-refractivity contribution in [3.05, 3.63) is 46.0 Å². The standard InChI is InChI=1S/C14H13BBrN2.3C4H9.Sn/c1-10(8-9-16)15-17-12-6-2-4-11-5-3-7-13(18-15)14(11)12;3*1-3-4-2;/h1-7,17-18H,8-9H2;3*1,3-4H2,2H3;. The molecule has 2 aromatic carbocycles. The van der Waals surface area contributed by atoms with Crippen LogP contribution < -0.4 is 10.5 Å². The van der Waals surface area contributed by atoms with Gasteiger partial charge < -0.3 is 0 Å². The minimum atomic E-state index is -2.37. The summed E-state index contributed by atoms with van der Waals surface area (Å²) in [6.45, 7) is 7.29. The number of nitrogens with one attached hydrogen (secondary N) is 2. The van der Waals surface area contributed by atoms with Crippen molar-refractivity contribution in [3.8, 4) is 0 Å². The SMILES string of the molecule is CCC[CH2][Sn](/[CH]=C(/CCBr)B1Nc2cccc3cccc(c23)N1)([CH2]CCC)[CH2]CCC. The van der Waals surface area contributed by atoms with Crippen molar-refractivity contribution in [1.29, 1.82) is 0 Å². The summed E-state index contributed by atoms with van der Waals surface area (Å²) in [7, 11) is 0. The second kappa shape index (κ2) is 12.6. The summed E-state index contributed by atoms with van der Waals surface area (Å²) < 4.78 is 7.48. The first kappa shape index (κ1) is 25.0. The number of rotatable bonds is 13. The zero-order chi connectivity index (χ0) is 22.1. The van der Waals surface area contributed by atoms with E-state index >= 15 is 0 Å². The number of hydrogen-bond donors (Lipinski definition) is 2. The van der Waals surface area contributed by atoms with E-state index in [1.165, 1.54) is 74.0 Å². The normalized spacial score (nSPS) is 13.9. The maximum atomic E-state index is 3.87. The molecule has 2 N–H and O–H groups in total. The summed E-state index contributed by atoms with van der Waals surface area (Å²) in [6.07, 6.45) is 9.33. The molecule has 1 aliphatic rings. The van der Waals surface area contributed by atoms with Gasteiger partial charge in [-0.1, -0.05) is 0 Å². The van der Waals surface area contributed by atoms with Crippen molar-refractivity contribution in [1.82, 2.24) is 0 Å². The third kappa shape index (κ3) is 6.46. The zero-order valence-corrected chi connectivity index (χ0v) is 24.2. The van der Waals surface area contributed by atoms with Gasteiger partial charge in [0.2, 0.25) is 0 Å². The maximum absolute atomic E-state index is 3.87. The van der Waals surface area contributed by atoms with Crippen molar-refractivity contribution < 1.29 is 0 Å². The van der Waals surface area contributed by atoms with E-state index in [9.17, 15) is 0 Å². The fourth-order valence-electron chi connectivity index (χ4n) is 5.09. The molecular formula is C26H40BBrN2Sn. The van der Waals surface area contributed by atoms with Crippen LogP contribution in [-0.4, -0.2) is 30.7 Å². The molecule has 0 saturated heterocycles. The summed E-state index contributed by atoms with van der Waals surface area (Å²) >= 11 is 1.40.